The molecule has 0 aliphatic heterocycles. The number of nitrogens with two attached hydrogens (primary N) is 1. The second-order valence-corrected chi connectivity index (χ2v) is 2.40. The smallest absolute Gasteiger partial charge is 0.239 e. The highest BCUT2D eigenvalue weighted by molar-refractivity contribution is 5.83. The van der Waals surface area contributed by atoms with Crippen molar-refractivity contribution < 1.29 is 9.59 Å². The Morgan fingerprint density at radius 3 is 2.50 bits per heavy atom. The predicted octanol–water partition coefficient (Wildman–Crippen LogP) is -1.41. The van der Waals surface area contributed by atoms with Crippen LogP contribution in [0, 0.1) is 0 Å². The van der Waals surface area contributed by atoms with E-state index in [1.54, 1.807) is 0 Å². The molecule has 0 saturated heterocycles. The van der Waals surface area contributed by atoms with Crippen LogP contribution in [0.3, 0.4) is 0 Å². The second-order valence-electron chi connectivity index (χ2n) is 2.40. The van der Waals surface area contributed by atoms with Gasteiger partial charge in [0, 0.05) is 13.5 Å². The van der Waals surface area contributed by atoms with Crippen LogP contribution in [-0.2, 0) is 9.59 Å². The molecule has 0 spiro atoms. The lowest BCUT2D eigenvalue weighted by Crippen LogP contribution is -2.36. The van der Waals surface area contributed by atoms with E-state index in [0.29, 0.717) is 13.1 Å². The summed E-state index contributed by atoms with van der Waals surface area (Å²) in [7, 11) is 0. The molecule has 0 heterocycles. The van der Waals surface area contributed by atoms with Gasteiger partial charge in [0.15, 0.2) is 0 Å². The lowest BCUT2D eigenvalue weighted by atomic mass is 10.4. The molecular weight excluding hydrogens is 158 g/mol. The third-order valence-corrected chi connectivity index (χ3v) is 1.20. The van der Waals surface area contributed by atoms with Crippen molar-refractivity contribution in [3.63, 3.8) is 0 Å². The number of hydrogen-bond acceptors (Lipinski definition) is 3. The van der Waals surface area contributed by atoms with E-state index in [1.165, 1.54) is 6.92 Å². The van der Waals surface area contributed by atoms with Gasteiger partial charge < -0.3 is 16.4 Å². The Labute approximate surface area is 71.7 Å². The van der Waals surface area contributed by atoms with Gasteiger partial charge >= 0.3 is 0 Å². The molecule has 0 aromatic rings. The van der Waals surface area contributed by atoms with E-state index >= 15 is 0 Å². The summed E-state index contributed by atoms with van der Waals surface area (Å²) in [5.41, 5.74) is 5.22. The zero-order valence-electron chi connectivity index (χ0n) is 7.22. The molecule has 0 rings (SSSR count). The fraction of sp³-hybridized carbons (Fsp3) is 0.714. The average Bonchev–Trinajstić information content (AvgIpc) is 2.01. The molecule has 5 nitrogen and oxygen atoms in total. The summed E-state index contributed by atoms with van der Waals surface area (Å²) in [5.74, 6) is -0.386. The number of amides is 2. The Bertz CT molecular complexity index is 159. The van der Waals surface area contributed by atoms with Gasteiger partial charge in [-0.15, -0.1) is 0 Å². The molecule has 4 N–H and O–H groups in total. The van der Waals surface area contributed by atoms with Crippen molar-refractivity contribution in [1.29, 1.82) is 0 Å². The summed E-state index contributed by atoms with van der Waals surface area (Å²) < 4.78 is 0. The molecule has 0 fully saturated rings. The van der Waals surface area contributed by atoms with E-state index in [2.05, 4.69) is 10.6 Å². The van der Waals surface area contributed by atoms with Crippen LogP contribution < -0.4 is 16.4 Å². The molecule has 0 atom stereocenters. The minimum Gasteiger partial charge on any atom is -0.355 e. The minimum atomic E-state index is -0.205. The van der Waals surface area contributed by atoms with Crippen molar-refractivity contribution in [2.75, 3.05) is 19.6 Å². The number of nitrogens with one attached hydrogen (secondary N) is 2. The molecule has 5 heteroatoms. The normalized spacial score (nSPS) is 9.17. The average molecular weight is 173 g/mol. The SMILES string of the molecule is CC(=O)NCC(=O)NCCCN. The Kier molecular flexibility index (Phi) is 6.00. The maximum Gasteiger partial charge on any atom is 0.239 e. The van der Waals surface area contributed by atoms with Crippen molar-refractivity contribution in [2.24, 2.45) is 5.73 Å². The fourth-order valence-corrected chi connectivity index (χ4v) is 0.597. The van der Waals surface area contributed by atoms with Gasteiger partial charge in [-0.2, -0.15) is 0 Å². The highest BCUT2D eigenvalue weighted by Gasteiger charge is 1.99. The summed E-state index contributed by atoms with van der Waals surface area (Å²) in [4.78, 5) is 21.2. The molecule has 0 unspecified atom stereocenters. The third kappa shape index (κ3) is 7.01. The van der Waals surface area contributed by atoms with E-state index in [0.717, 1.165) is 6.42 Å². The summed E-state index contributed by atoms with van der Waals surface area (Å²) in [6.45, 7) is 2.53. The van der Waals surface area contributed by atoms with Crippen molar-refractivity contribution in [3.8, 4) is 0 Å². The highest BCUT2D eigenvalue weighted by Crippen LogP contribution is 1.70. The first-order valence-corrected chi connectivity index (χ1v) is 3.88. The first kappa shape index (κ1) is 10.9. The van der Waals surface area contributed by atoms with Crippen LogP contribution in [0.5, 0.6) is 0 Å². The molecule has 0 aliphatic rings. The highest BCUT2D eigenvalue weighted by atomic mass is 16.2. The summed E-state index contributed by atoms with van der Waals surface area (Å²) in [6, 6.07) is 0. The van der Waals surface area contributed by atoms with Crippen LogP contribution in [0.2, 0.25) is 0 Å². The summed E-state index contributed by atoms with van der Waals surface area (Å²) in [6.07, 6.45) is 0.756. The zero-order chi connectivity index (χ0) is 9.40. The monoisotopic (exact) mass is 173 g/mol. The first-order valence-electron chi connectivity index (χ1n) is 3.88. The Hall–Kier alpha value is -1.10. The topological polar surface area (TPSA) is 84.2 Å². The second kappa shape index (κ2) is 6.60. The third-order valence-electron chi connectivity index (χ3n) is 1.20. The standard InChI is InChI=1S/C7H15N3O2/c1-6(11)10-5-7(12)9-4-2-3-8/h2-5,8H2,1H3,(H,9,12)(H,10,11). The van der Waals surface area contributed by atoms with Crippen LogP contribution in [0.15, 0.2) is 0 Å². The molecule has 0 bridgehead atoms. The molecular formula is C7H15N3O2. The quantitative estimate of drug-likeness (QED) is 0.446. The number of carbonyl (C=O) groups is 2. The molecule has 0 aliphatic carbocycles. The van der Waals surface area contributed by atoms with Gasteiger partial charge in [-0.3, -0.25) is 9.59 Å². The molecule has 0 aromatic carbocycles. The zero-order valence-corrected chi connectivity index (χ0v) is 7.22. The Morgan fingerprint density at radius 2 is 2.00 bits per heavy atom. The van der Waals surface area contributed by atoms with Crippen molar-refractivity contribution in [2.45, 2.75) is 13.3 Å². The van der Waals surface area contributed by atoms with Gasteiger partial charge in [-0.05, 0) is 13.0 Å². The van der Waals surface area contributed by atoms with Gasteiger partial charge in [0.05, 0.1) is 6.54 Å². The van der Waals surface area contributed by atoms with Gasteiger partial charge in [0.2, 0.25) is 11.8 Å². The number of rotatable bonds is 5. The summed E-state index contributed by atoms with van der Waals surface area (Å²) in [5, 5.41) is 5.00. The molecule has 70 valence electrons. The maximum absolute atomic E-state index is 10.9. The van der Waals surface area contributed by atoms with Crippen molar-refractivity contribution in [1.82, 2.24) is 10.6 Å². The van der Waals surface area contributed by atoms with Gasteiger partial charge in [0.1, 0.15) is 0 Å². The largest absolute Gasteiger partial charge is 0.355 e. The lowest BCUT2D eigenvalue weighted by Gasteiger charge is -2.03. The lowest BCUT2D eigenvalue weighted by molar-refractivity contribution is -0.125. The van der Waals surface area contributed by atoms with Crippen LogP contribution in [0.1, 0.15) is 13.3 Å². The number of carbonyl (C=O) groups excluding carboxylic acids is 2. The fourth-order valence-electron chi connectivity index (χ4n) is 0.597. The van der Waals surface area contributed by atoms with E-state index in [-0.39, 0.29) is 18.4 Å². The molecule has 12 heavy (non-hydrogen) atoms. The molecule has 0 saturated carbocycles. The number of hydrogen-bond donors (Lipinski definition) is 3. The Balaban J connectivity index is 3.28. The van der Waals surface area contributed by atoms with E-state index in [1.807, 2.05) is 0 Å². The minimum absolute atomic E-state index is 0.0416. The molecule has 0 aromatic heterocycles. The van der Waals surface area contributed by atoms with Crippen LogP contribution in [-0.4, -0.2) is 31.4 Å². The van der Waals surface area contributed by atoms with Gasteiger partial charge in [-0.1, -0.05) is 0 Å². The molecule has 2 amide bonds. The summed E-state index contributed by atoms with van der Waals surface area (Å²) >= 11 is 0. The van der Waals surface area contributed by atoms with Crippen LogP contribution in [0.4, 0.5) is 0 Å². The van der Waals surface area contributed by atoms with Gasteiger partial charge in [0.25, 0.3) is 0 Å². The van der Waals surface area contributed by atoms with Gasteiger partial charge in [-0.25, -0.2) is 0 Å². The van der Waals surface area contributed by atoms with E-state index in [9.17, 15) is 9.59 Å². The molecule has 0 radical (unpaired) electrons. The maximum atomic E-state index is 10.9. The van der Waals surface area contributed by atoms with Crippen LogP contribution >= 0.6 is 0 Å². The van der Waals surface area contributed by atoms with Crippen molar-refractivity contribution in [3.05, 3.63) is 0 Å². The Morgan fingerprint density at radius 1 is 1.33 bits per heavy atom. The van der Waals surface area contributed by atoms with E-state index < -0.39 is 0 Å². The van der Waals surface area contributed by atoms with E-state index in [4.69, 9.17) is 5.73 Å². The predicted molar refractivity (Wildman–Crippen MR) is 45.4 cm³/mol. The first-order chi connectivity index (χ1) is 5.66. The van der Waals surface area contributed by atoms with Crippen molar-refractivity contribution >= 4 is 11.8 Å². The van der Waals surface area contributed by atoms with Crippen LogP contribution in [0.25, 0.3) is 0 Å².